The summed E-state index contributed by atoms with van der Waals surface area (Å²) in [6, 6.07) is 5.69. The van der Waals surface area contributed by atoms with Crippen LogP contribution in [0.5, 0.6) is 0 Å². The van der Waals surface area contributed by atoms with Gasteiger partial charge in [-0.25, -0.2) is 9.52 Å². The summed E-state index contributed by atoms with van der Waals surface area (Å²) in [4.78, 5) is 25.6. The van der Waals surface area contributed by atoms with Crippen LogP contribution in [-0.4, -0.2) is 63.1 Å². The van der Waals surface area contributed by atoms with Crippen molar-refractivity contribution in [2.45, 2.75) is 26.3 Å². The number of rotatable bonds is 10. The highest BCUT2D eigenvalue weighted by molar-refractivity contribution is 9.10. The maximum absolute atomic E-state index is 12.7. The zero-order chi connectivity index (χ0) is 21.5. The van der Waals surface area contributed by atoms with E-state index in [1.807, 2.05) is 13.8 Å². The van der Waals surface area contributed by atoms with E-state index in [1.54, 1.807) is 24.3 Å². The Morgan fingerprint density at radius 1 is 1.14 bits per heavy atom. The van der Waals surface area contributed by atoms with Gasteiger partial charge in [-0.3, -0.25) is 9.69 Å². The number of hydrogen-bond donors (Lipinski definition) is 3. The van der Waals surface area contributed by atoms with E-state index >= 15 is 0 Å². The number of halogens is 1. The molecule has 2 amide bonds. The van der Waals surface area contributed by atoms with E-state index in [4.69, 9.17) is 0 Å². The number of hydrogen-bond acceptors (Lipinski definition) is 4. The minimum absolute atomic E-state index is 0.00793. The highest BCUT2D eigenvalue weighted by Gasteiger charge is 2.31. The van der Waals surface area contributed by atoms with Crippen LogP contribution in [0.15, 0.2) is 28.7 Å². The summed E-state index contributed by atoms with van der Waals surface area (Å²) in [6.07, 6.45) is -0.922. The first kappa shape index (κ1) is 24.3. The van der Waals surface area contributed by atoms with Gasteiger partial charge in [0.25, 0.3) is 10.2 Å². The van der Waals surface area contributed by atoms with Gasteiger partial charge in [0.2, 0.25) is 5.91 Å². The number of carbonyl (C=O) groups is 2. The Bertz CT molecular complexity index is 768. The van der Waals surface area contributed by atoms with E-state index in [-0.39, 0.29) is 19.0 Å². The first-order chi connectivity index (χ1) is 13.0. The highest BCUT2D eigenvalue weighted by atomic mass is 79.9. The first-order valence-corrected chi connectivity index (χ1v) is 10.9. The van der Waals surface area contributed by atoms with Gasteiger partial charge in [0, 0.05) is 37.3 Å². The topological polar surface area (TPSA) is 119 Å². The molecule has 0 bridgehead atoms. The maximum atomic E-state index is 12.7. The lowest BCUT2D eigenvalue weighted by atomic mass is 10.0. The van der Waals surface area contributed by atoms with Crippen molar-refractivity contribution in [1.29, 1.82) is 0 Å². The molecule has 0 saturated heterocycles. The Kier molecular flexibility index (Phi) is 9.34. The average molecular weight is 479 g/mol. The molecule has 158 valence electrons. The number of nitrogens with one attached hydrogen (secondary N) is 2. The van der Waals surface area contributed by atoms with Gasteiger partial charge in [0.15, 0.2) is 0 Å². The van der Waals surface area contributed by atoms with Crippen LogP contribution in [0.1, 0.15) is 20.3 Å². The van der Waals surface area contributed by atoms with Crippen LogP contribution in [0, 0.1) is 5.92 Å². The molecule has 0 spiro atoms. The first-order valence-electron chi connectivity index (χ1n) is 8.68. The lowest BCUT2D eigenvalue weighted by Gasteiger charge is -2.30. The van der Waals surface area contributed by atoms with Crippen molar-refractivity contribution in [2.24, 2.45) is 5.92 Å². The van der Waals surface area contributed by atoms with Crippen LogP contribution in [0.25, 0.3) is 0 Å². The third-order valence-corrected chi connectivity index (χ3v) is 5.87. The lowest BCUT2D eigenvalue weighted by molar-refractivity contribution is -0.122. The minimum Gasteiger partial charge on any atom is -0.465 e. The Hall–Kier alpha value is -1.69. The van der Waals surface area contributed by atoms with Gasteiger partial charge in [-0.1, -0.05) is 29.8 Å². The zero-order valence-corrected chi connectivity index (χ0v) is 18.7. The number of amides is 2. The van der Waals surface area contributed by atoms with Gasteiger partial charge in [-0.05, 0) is 36.6 Å². The Morgan fingerprint density at radius 2 is 1.71 bits per heavy atom. The third kappa shape index (κ3) is 7.38. The van der Waals surface area contributed by atoms with Crippen LogP contribution in [0.4, 0.5) is 10.5 Å². The quantitative estimate of drug-likeness (QED) is 0.443. The van der Waals surface area contributed by atoms with Crippen molar-refractivity contribution in [3.05, 3.63) is 28.7 Å². The van der Waals surface area contributed by atoms with E-state index in [9.17, 15) is 23.1 Å². The number of anilines is 1. The zero-order valence-electron chi connectivity index (χ0n) is 16.3. The fourth-order valence-electron chi connectivity index (χ4n) is 2.41. The summed E-state index contributed by atoms with van der Waals surface area (Å²) in [5.74, 6) is -0.414. The molecule has 1 aromatic carbocycles. The van der Waals surface area contributed by atoms with Gasteiger partial charge < -0.3 is 10.4 Å². The summed E-state index contributed by atoms with van der Waals surface area (Å²) in [5, 5.41) is 12.3. The van der Waals surface area contributed by atoms with Crippen molar-refractivity contribution in [2.75, 3.05) is 32.1 Å². The molecule has 0 radical (unpaired) electrons. The Morgan fingerprint density at radius 3 is 2.18 bits per heavy atom. The van der Waals surface area contributed by atoms with Gasteiger partial charge in [0.1, 0.15) is 6.04 Å². The molecular formula is C17H27BrN4O5S. The smallest absolute Gasteiger partial charge is 0.412 e. The fraction of sp³-hybridized carbons (Fsp3) is 0.529. The summed E-state index contributed by atoms with van der Waals surface area (Å²) in [5.41, 5.74) is 0.379. The maximum Gasteiger partial charge on any atom is 0.412 e. The Balaban J connectivity index is 2.91. The second-order valence-corrected chi connectivity index (χ2v) is 9.63. The van der Waals surface area contributed by atoms with Crippen LogP contribution in [0.3, 0.4) is 0 Å². The standard InChI is InChI=1S/C17H27BrN4O5S/c1-12(2)11-15(16(23)19-9-10-20-28(26,27)21(3)4)22(17(24)25)14-7-5-13(18)6-8-14/h5-8,12,15,20H,9-11H2,1-4H3,(H,19,23)(H,24,25)/t15-/m0/s1. The summed E-state index contributed by atoms with van der Waals surface area (Å²) in [7, 11) is -0.806. The molecule has 1 rings (SSSR count). The monoisotopic (exact) mass is 478 g/mol. The molecular weight excluding hydrogens is 452 g/mol. The Labute approximate surface area is 174 Å². The van der Waals surface area contributed by atoms with Crippen molar-refractivity contribution in [1.82, 2.24) is 14.3 Å². The van der Waals surface area contributed by atoms with Crippen molar-refractivity contribution in [3.8, 4) is 0 Å². The van der Waals surface area contributed by atoms with Crippen molar-refractivity contribution >= 4 is 43.8 Å². The second kappa shape index (κ2) is 10.7. The predicted molar refractivity (Wildman–Crippen MR) is 112 cm³/mol. The molecule has 0 unspecified atom stereocenters. The second-order valence-electron chi connectivity index (χ2n) is 6.75. The van der Waals surface area contributed by atoms with Crippen LogP contribution < -0.4 is 14.9 Å². The van der Waals surface area contributed by atoms with Crippen molar-refractivity contribution < 1.29 is 23.1 Å². The van der Waals surface area contributed by atoms with E-state index < -0.39 is 28.3 Å². The molecule has 0 aliphatic rings. The summed E-state index contributed by atoms with van der Waals surface area (Å²) in [6.45, 7) is 3.82. The summed E-state index contributed by atoms with van der Waals surface area (Å²) >= 11 is 3.30. The highest BCUT2D eigenvalue weighted by Crippen LogP contribution is 2.23. The van der Waals surface area contributed by atoms with Gasteiger partial charge in [-0.2, -0.15) is 12.7 Å². The number of carboxylic acid groups (broad SMARTS) is 1. The third-order valence-electron chi connectivity index (χ3n) is 3.81. The molecule has 11 heteroatoms. The molecule has 0 heterocycles. The van der Waals surface area contributed by atoms with Crippen LogP contribution in [-0.2, 0) is 15.0 Å². The van der Waals surface area contributed by atoms with Crippen molar-refractivity contribution in [3.63, 3.8) is 0 Å². The molecule has 1 atom stereocenters. The fourth-order valence-corrected chi connectivity index (χ4v) is 3.30. The van der Waals surface area contributed by atoms with E-state index in [1.165, 1.54) is 14.1 Å². The molecule has 0 aliphatic heterocycles. The van der Waals surface area contributed by atoms with Gasteiger partial charge in [0.05, 0.1) is 0 Å². The molecule has 9 nitrogen and oxygen atoms in total. The van der Waals surface area contributed by atoms with Crippen LogP contribution in [0.2, 0.25) is 0 Å². The lowest BCUT2D eigenvalue weighted by Crippen LogP contribution is -2.51. The molecule has 1 aromatic rings. The largest absolute Gasteiger partial charge is 0.465 e. The molecule has 0 fully saturated rings. The molecule has 0 aromatic heterocycles. The van der Waals surface area contributed by atoms with Gasteiger partial charge in [-0.15, -0.1) is 0 Å². The van der Waals surface area contributed by atoms with E-state index in [0.29, 0.717) is 12.1 Å². The predicted octanol–water partition coefficient (Wildman–Crippen LogP) is 1.86. The number of nitrogens with zero attached hydrogens (tertiary/aromatic N) is 2. The SMILES string of the molecule is CC(C)C[C@@H](C(=O)NCCNS(=O)(=O)N(C)C)N(C(=O)O)c1ccc(Br)cc1. The molecule has 0 aliphatic carbocycles. The number of carbonyl (C=O) groups excluding carboxylic acids is 1. The molecule has 3 N–H and O–H groups in total. The molecule has 0 saturated carbocycles. The summed E-state index contributed by atoms with van der Waals surface area (Å²) < 4.78 is 27.5. The van der Waals surface area contributed by atoms with E-state index in [2.05, 4.69) is 26.0 Å². The van der Waals surface area contributed by atoms with Crippen LogP contribution >= 0.6 is 15.9 Å². The molecule has 28 heavy (non-hydrogen) atoms. The van der Waals surface area contributed by atoms with E-state index in [0.717, 1.165) is 13.7 Å². The minimum atomic E-state index is -3.59. The number of benzene rings is 1. The average Bonchev–Trinajstić information content (AvgIpc) is 2.58. The van der Waals surface area contributed by atoms with Gasteiger partial charge >= 0.3 is 6.09 Å². The normalized spacial score (nSPS) is 12.8.